The average Bonchev–Trinajstić information content (AvgIpc) is 3.19. The lowest BCUT2D eigenvalue weighted by Gasteiger charge is -2.06. The van der Waals surface area contributed by atoms with Crippen LogP contribution in [0.1, 0.15) is 22.3 Å². The van der Waals surface area contributed by atoms with Gasteiger partial charge in [-0.05, 0) is 42.3 Å². The fourth-order valence-electron chi connectivity index (χ4n) is 3.74. The van der Waals surface area contributed by atoms with Crippen molar-refractivity contribution < 1.29 is 9.53 Å². The zero-order valence-corrected chi connectivity index (χ0v) is 18.7. The molecule has 0 aliphatic rings. The molecule has 0 saturated heterocycles. The van der Waals surface area contributed by atoms with Gasteiger partial charge in [0.15, 0.2) is 0 Å². The number of para-hydroxylation sites is 1. The Bertz CT molecular complexity index is 1340. The highest BCUT2D eigenvalue weighted by Crippen LogP contribution is 2.25. The molecule has 0 fully saturated rings. The number of nitrogens with zero attached hydrogens (tertiary/aromatic N) is 2. The van der Waals surface area contributed by atoms with E-state index in [0.717, 1.165) is 27.8 Å². The number of carbonyl (C=O) groups is 1. The molecule has 0 unspecified atom stereocenters. The van der Waals surface area contributed by atoms with Crippen LogP contribution in [-0.4, -0.2) is 17.6 Å². The lowest BCUT2D eigenvalue weighted by atomic mass is 10.1. The summed E-state index contributed by atoms with van der Waals surface area (Å²) in [5.74, 6) is 0.355. The molecule has 4 aromatic rings. The number of hydrogen-bond donors (Lipinski definition) is 1. The molecule has 4 rings (SSSR count). The topological polar surface area (TPSA) is 67.0 Å². The first-order valence-electron chi connectivity index (χ1n) is 10.7. The van der Waals surface area contributed by atoms with E-state index < -0.39 is 5.91 Å². The summed E-state index contributed by atoms with van der Waals surface area (Å²) in [6, 6.07) is 26.0. The van der Waals surface area contributed by atoms with Crippen molar-refractivity contribution in [3.63, 3.8) is 0 Å². The Morgan fingerprint density at radius 3 is 2.42 bits per heavy atom. The third kappa shape index (κ3) is 5.13. The number of amides is 1. The molecule has 3 aromatic carbocycles. The molecule has 1 amide bonds. The summed E-state index contributed by atoms with van der Waals surface area (Å²) in [4.78, 5) is 12.7. The van der Waals surface area contributed by atoms with E-state index in [1.807, 2.05) is 48.7 Å². The van der Waals surface area contributed by atoms with E-state index in [9.17, 15) is 10.1 Å². The fraction of sp³-hybridized carbons (Fsp3) is 0.143. The van der Waals surface area contributed by atoms with Crippen molar-refractivity contribution in [1.82, 2.24) is 9.88 Å². The van der Waals surface area contributed by atoms with Crippen molar-refractivity contribution in [1.29, 1.82) is 5.26 Å². The highest BCUT2D eigenvalue weighted by Gasteiger charge is 2.13. The second kappa shape index (κ2) is 9.88. The van der Waals surface area contributed by atoms with Crippen molar-refractivity contribution in [2.45, 2.75) is 20.0 Å². The third-order valence-corrected chi connectivity index (χ3v) is 5.57. The van der Waals surface area contributed by atoms with Gasteiger partial charge >= 0.3 is 0 Å². The minimum absolute atomic E-state index is 0.0711. The first-order valence-corrected chi connectivity index (χ1v) is 10.7. The molecule has 5 heteroatoms. The second-order valence-electron chi connectivity index (χ2n) is 7.92. The summed E-state index contributed by atoms with van der Waals surface area (Å²) in [6.07, 6.45) is 3.66. The van der Waals surface area contributed by atoms with E-state index in [0.29, 0.717) is 13.1 Å². The van der Waals surface area contributed by atoms with E-state index >= 15 is 0 Å². The van der Waals surface area contributed by atoms with E-state index in [-0.39, 0.29) is 5.57 Å². The molecule has 33 heavy (non-hydrogen) atoms. The molecule has 0 bridgehead atoms. The largest absolute Gasteiger partial charge is 0.497 e. The van der Waals surface area contributed by atoms with Crippen molar-refractivity contribution in [3.8, 4) is 11.8 Å². The third-order valence-electron chi connectivity index (χ3n) is 5.57. The molecule has 0 aliphatic heterocycles. The molecule has 0 spiro atoms. The molecular formula is C28H25N3O2. The van der Waals surface area contributed by atoms with Gasteiger partial charge in [0.25, 0.3) is 5.91 Å². The Morgan fingerprint density at radius 2 is 1.73 bits per heavy atom. The fourth-order valence-corrected chi connectivity index (χ4v) is 3.74. The number of benzene rings is 3. The minimum Gasteiger partial charge on any atom is -0.497 e. The van der Waals surface area contributed by atoms with Gasteiger partial charge in [-0.3, -0.25) is 4.79 Å². The maximum atomic E-state index is 12.7. The van der Waals surface area contributed by atoms with Crippen molar-refractivity contribution in [2.75, 3.05) is 7.11 Å². The van der Waals surface area contributed by atoms with Crippen LogP contribution in [0.15, 0.2) is 84.6 Å². The van der Waals surface area contributed by atoms with Crippen LogP contribution in [0.25, 0.3) is 17.0 Å². The van der Waals surface area contributed by atoms with Gasteiger partial charge < -0.3 is 14.6 Å². The number of carbonyl (C=O) groups excluding carboxylic acids is 1. The van der Waals surface area contributed by atoms with Gasteiger partial charge in [-0.15, -0.1) is 0 Å². The molecule has 1 N–H and O–H groups in total. The lowest BCUT2D eigenvalue weighted by molar-refractivity contribution is -0.117. The number of fused-ring (bicyclic) bond motifs is 1. The number of methoxy groups -OCH3 is 1. The van der Waals surface area contributed by atoms with Crippen LogP contribution in [0, 0.1) is 18.3 Å². The highest BCUT2D eigenvalue weighted by atomic mass is 16.5. The first-order chi connectivity index (χ1) is 16.1. The van der Waals surface area contributed by atoms with Gasteiger partial charge in [-0.25, -0.2) is 0 Å². The highest BCUT2D eigenvalue weighted by molar-refractivity contribution is 6.04. The summed E-state index contributed by atoms with van der Waals surface area (Å²) in [5.41, 5.74) is 5.31. The SMILES string of the molecule is COc1ccc(CNC(=O)/C(C#N)=C\c2cn(Cc3ccc(C)cc3)c3ccccc23)cc1. The first kappa shape index (κ1) is 21.9. The number of aromatic nitrogens is 1. The van der Waals surface area contributed by atoms with Gasteiger partial charge in [0.1, 0.15) is 17.4 Å². The molecule has 0 aliphatic carbocycles. The van der Waals surface area contributed by atoms with Crippen molar-refractivity contribution in [2.24, 2.45) is 0 Å². The lowest BCUT2D eigenvalue weighted by Crippen LogP contribution is -2.23. The number of nitrogens with one attached hydrogen (secondary N) is 1. The maximum absolute atomic E-state index is 12.7. The Hall–Kier alpha value is -4.30. The second-order valence-corrected chi connectivity index (χ2v) is 7.92. The van der Waals surface area contributed by atoms with Crippen molar-refractivity contribution >= 4 is 22.9 Å². The van der Waals surface area contributed by atoms with Gasteiger partial charge in [0.2, 0.25) is 0 Å². The number of aryl methyl sites for hydroxylation is 1. The normalized spacial score (nSPS) is 11.2. The Balaban J connectivity index is 1.57. The van der Waals surface area contributed by atoms with Gasteiger partial charge in [-0.2, -0.15) is 5.26 Å². The molecule has 0 atom stereocenters. The molecule has 164 valence electrons. The monoisotopic (exact) mass is 435 g/mol. The van der Waals surface area contributed by atoms with Crippen LogP contribution >= 0.6 is 0 Å². The predicted octanol–water partition coefficient (Wildman–Crippen LogP) is 5.23. The predicted molar refractivity (Wildman–Crippen MR) is 131 cm³/mol. The van der Waals surface area contributed by atoms with E-state index in [1.54, 1.807) is 13.2 Å². The van der Waals surface area contributed by atoms with E-state index in [2.05, 4.69) is 53.2 Å². The summed E-state index contributed by atoms with van der Waals surface area (Å²) in [5, 5.41) is 13.5. The van der Waals surface area contributed by atoms with Crippen LogP contribution in [0.2, 0.25) is 0 Å². The van der Waals surface area contributed by atoms with Crippen LogP contribution in [-0.2, 0) is 17.9 Å². The molecule has 0 saturated carbocycles. The zero-order valence-electron chi connectivity index (χ0n) is 18.7. The minimum atomic E-state index is -0.399. The van der Waals surface area contributed by atoms with E-state index in [4.69, 9.17) is 4.74 Å². The Labute approximate surface area is 193 Å². The number of rotatable bonds is 7. The summed E-state index contributed by atoms with van der Waals surface area (Å²) in [7, 11) is 1.61. The zero-order chi connectivity index (χ0) is 23.2. The average molecular weight is 436 g/mol. The quantitative estimate of drug-likeness (QED) is 0.319. The van der Waals surface area contributed by atoms with Gasteiger partial charge in [0.05, 0.1) is 7.11 Å². The van der Waals surface area contributed by atoms with Gasteiger partial charge in [-0.1, -0.05) is 60.2 Å². The smallest absolute Gasteiger partial charge is 0.262 e. The summed E-state index contributed by atoms with van der Waals surface area (Å²) < 4.78 is 7.30. The molecule has 5 nitrogen and oxygen atoms in total. The van der Waals surface area contributed by atoms with Gasteiger partial charge in [0, 0.05) is 35.8 Å². The van der Waals surface area contributed by atoms with E-state index in [1.165, 1.54) is 11.1 Å². The summed E-state index contributed by atoms with van der Waals surface area (Å²) >= 11 is 0. The number of ether oxygens (including phenoxy) is 1. The standard InChI is InChI=1S/C28H25N3O2/c1-20-7-9-22(10-8-20)18-31-19-24(26-5-3-4-6-27(26)31)15-23(16-29)28(32)30-17-21-11-13-25(33-2)14-12-21/h3-15,19H,17-18H2,1-2H3,(H,30,32)/b23-15-. The van der Waals surface area contributed by atoms with Crippen molar-refractivity contribution in [3.05, 3.63) is 107 Å². The Kier molecular flexibility index (Phi) is 6.56. The molecule has 1 aromatic heterocycles. The number of hydrogen-bond acceptors (Lipinski definition) is 3. The molecular weight excluding hydrogens is 410 g/mol. The van der Waals surface area contributed by atoms with Crippen LogP contribution < -0.4 is 10.1 Å². The van der Waals surface area contributed by atoms with Crippen LogP contribution in [0.4, 0.5) is 0 Å². The van der Waals surface area contributed by atoms with Crippen LogP contribution in [0.3, 0.4) is 0 Å². The Morgan fingerprint density at radius 1 is 1.03 bits per heavy atom. The summed E-state index contributed by atoms with van der Waals surface area (Å²) in [6.45, 7) is 3.11. The number of nitriles is 1. The van der Waals surface area contributed by atoms with Crippen LogP contribution in [0.5, 0.6) is 5.75 Å². The maximum Gasteiger partial charge on any atom is 0.262 e. The molecule has 1 heterocycles. The molecule has 0 radical (unpaired) electrons.